The maximum absolute atomic E-state index is 4.48. The number of pyridine rings is 1. The van der Waals surface area contributed by atoms with E-state index in [9.17, 15) is 0 Å². The van der Waals surface area contributed by atoms with Crippen LogP contribution >= 0.6 is 15.9 Å². The quantitative estimate of drug-likeness (QED) is 0.732. The Balaban J connectivity index is 1.98. The molecule has 2 rings (SSSR count). The maximum Gasteiger partial charge on any atom is 0.0442 e. The van der Waals surface area contributed by atoms with Crippen LogP contribution in [-0.2, 0) is 0 Å². The van der Waals surface area contributed by atoms with E-state index in [4.69, 9.17) is 0 Å². The van der Waals surface area contributed by atoms with E-state index < -0.39 is 0 Å². The van der Waals surface area contributed by atoms with Crippen molar-refractivity contribution in [2.45, 2.75) is 50.3 Å². The van der Waals surface area contributed by atoms with E-state index in [1.54, 1.807) is 0 Å². The molecule has 0 bridgehead atoms. The lowest BCUT2D eigenvalue weighted by Crippen LogP contribution is -2.25. The molecule has 1 fully saturated rings. The zero-order chi connectivity index (χ0) is 12.3. The fraction of sp³-hybridized carbons (Fsp3) is 0.667. The summed E-state index contributed by atoms with van der Waals surface area (Å²) < 4.78 is 0. The Labute approximate surface area is 113 Å². The maximum atomic E-state index is 4.48. The largest absolute Gasteiger partial charge is 0.261 e. The third-order valence-corrected chi connectivity index (χ3v) is 5.68. The zero-order valence-corrected chi connectivity index (χ0v) is 12.4. The van der Waals surface area contributed by atoms with Crippen molar-refractivity contribution in [1.29, 1.82) is 0 Å². The van der Waals surface area contributed by atoms with Crippen molar-refractivity contribution in [3.05, 3.63) is 30.1 Å². The summed E-state index contributed by atoms with van der Waals surface area (Å²) in [6, 6.07) is 6.22. The van der Waals surface area contributed by atoms with E-state index in [1.165, 1.54) is 31.4 Å². The van der Waals surface area contributed by atoms with E-state index in [0.29, 0.717) is 10.7 Å². The van der Waals surface area contributed by atoms with Gasteiger partial charge in [0.1, 0.15) is 0 Å². The van der Waals surface area contributed by atoms with Crippen molar-refractivity contribution in [3.8, 4) is 0 Å². The van der Waals surface area contributed by atoms with Crippen molar-refractivity contribution >= 4 is 15.9 Å². The second kappa shape index (κ2) is 5.99. The molecule has 1 aliphatic carbocycles. The van der Waals surface area contributed by atoms with E-state index in [1.807, 2.05) is 12.3 Å². The Morgan fingerprint density at radius 1 is 1.24 bits per heavy atom. The molecule has 2 unspecified atom stereocenters. The molecule has 1 aromatic rings. The predicted octanol–water partition coefficient (Wildman–Crippen LogP) is 4.77. The van der Waals surface area contributed by atoms with Crippen LogP contribution in [-0.4, -0.2) is 9.81 Å². The lowest BCUT2D eigenvalue weighted by Gasteiger charge is -2.32. The fourth-order valence-electron chi connectivity index (χ4n) is 2.82. The third kappa shape index (κ3) is 3.31. The fourth-order valence-corrected chi connectivity index (χ4v) is 3.62. The minimum atomic E-state index is 0.509. The smallest absolute Gasteiger partial charge is 0.0442 e. The van der Waals surface area contributed by atoms with Crippen LogP contribution in [0.1, 0.15) is 51.1 Å². The molecule has 1 aromatic heterocycles. The number of rotatable bonds is 3. The van der Waals surface area contributed by atoms with Crippen LogP contribution in [0.4, 0.5) is 0 Å². The monoisotopic (exact) mass is 295 g/mol. The van der Waals surface area contributed by atoms with Crippen molar-refractivity contribution in [2.75, 3.05) is 0 Å². The number of hydrogen-bond acceptors (Lipinski definition) is 1. The SMILES string of the molecule is CC1CCC(C(Br)C(C)c2ccccn2)CC1. The molecule has 1 saturated carbocycles. The topological polar surface area (TPSA) is 12.9 Å². The Hall–Kier alpha value is -0.370. The second-order valence-corrected chi connectivity index (χ2v) is 6.56. The Morgan fingerprint density at radius 2 is 1.94 bits per heavy atom. The highest BCUT2D eigenvalue weighted by molar-refractivity contribution is 9.09. The summed E-state index contributed by atoms with van der Waals surface area (Å²) >= 11 is 3.92. The van der Waals surface area contributed by atoms with Gasteiger partial charge in [-0.3, -0.25) is 4.98 Å². The van der Waals surface area contributed by atoms with Gasteiger partial charge in [-0.25, -0.2) is 0 Å². The van der Waals surface area contributed by atoms with Crippen molar-refractivity contribution < 1.29 is 0 Å². The minimum Gasteiger partial charge on any atom is -0.261 e. The molecule has 0 saturated heterocycles. The van der Waals surface area contributed by atoms with Crippen molar-refractivity contribution in [3.63, 3.8) is 0 Å². The lowest BCUT2D eigenvalue weighted by molar-refractivity contribution is 0.276. The van der Waals surface area contributed by atoms with Gasteiger partial charge in [-0.2, -0.15) is 0 Å². The summed E-state index contributed by atoms with van der Waals surface area (Å²) in [5.74, 6) is 2.26. The molecule has 2 heteroatoms. The van der Waals surface area contributed by atoms with Crippen LogP contribution in [0.5, 0.6) is 0 Å². The van der Waals surface area contributed by atoms with Crippen molar-refractivity contribution in [2.24, 2.45) is 11.8 Å². The normalized spacial score (nSPS) is 28.6. The molecular formula is C15H22BrN. The number of nitrogens with zero attached hydrogens (tertiary/aromatic N) is 1. The predicted molar refractivity (Wildman–Crippen MR) is 76.5 cm³/mol. The van der Waals surface area contributed by atoms with Crippen molar-refractivity contribution in [1.82, 2.24) is 4.98 Å². The summed E-state index contributed by atoms with van der Waals surface area (Å²) in [6.45, 7) is 4.67. The van der Waals surface area contributed by atoms with Gasteiger partial charge in [0, 0.05) is 22.6 Å². The molecule has 17 heavy (non-hydrogen) atoms. The summed E-state index contributed by atoms with van der Waals surface area (Å²) in [5, 5.41) is 0. The van der Waals surface area contributed by atoms with Gasteiger partial charge in [0.05, 0.1) is 0 Å². The Morgan fingerprint density at radius 3 is 2.53 bits per heavy atom. The molecule has 1 heterocycles. The van der Waals surface area contributed by atoms with E-state index in [0.717, 1.165) is 11.8 Å². The average molecular weight is 296 g/mol. The first-order valence-electron chi connectivity index (χ1n) is 6.73. The standard InChI is InChI=1S/C15H22BrN/c1-11-6-8-13(9-7-11)15(16)12(2)14-5-3-4-10-17-14/h3-5,10-13,15H,6-9H2,1-2H3. The molecule has 1 aliphatic rings. The lowest BCUT2D eigenvalue weighted by atomic mass is 9.78. The molecule has 0 spiro atoms. The van der Waals surface area contributed by atoms with Gasteiger partial charge in [-0.05, 0) is 36.8 Å². The van der Waals surface area contributed by atoms with E-state index in [2.05, 4.69) is 46.9 Å². The number of halogens is 1. The number of hydrogen-bond donors (Lipinski definition) is 0. The molecule has 2 atom stereocenters. The van der Waals surface area contributed by atoms with Gasteiger partial charge >= 0.3 is 0 Å². The first-order chi connectivity index (χ1) is 8.18. The first-order valence-corrected chi connectivity index (χ1v) is 7.65. The molecule has 1 nitrogen and oxygen atoms in total. The molecule has 0 aliphatic heterocycles. The Bertz CT molecular complexity index is 330. The summed E-state index contributed by atoms with van der Waals surface area (Å²) in [5.41, 5.74) is 1.22. The molecular weight excluding hydrogens is 274 g/mol. The zero-order valence-electron chi connectivity index (χ0n) is 10.8. The van der Waals surface area contributed by atoms with Crippen LogP contribution in [0.3, 0.4) is 0 Å². The number of alkyl halides is 1. The molecule has 0 amide bonds. The van der Waals surface area contributed by atoms with Gasteiger partial charge in [0.25, 0.3) is 0 Å². The van der Waals surface area contributed by atoms with Crippen LogP contribution in [0.2, 0.25) is 0 Å². The highest BCUT2D eigenvalue weighted by Gasteiger charge is 2.29. The molecule has 0 aromatic carbocycles. The molecule has 94 valence electrons. The van der Waals surface area contributed by atoms with Crippen LogP contribution in [0, 0.1) is 11.8 Å². The van der Waals surface area contributed by atoms with Gasteiger partial charge in [0.2, 0.25) is 0 Å². The number of aromatic nitrogens is 1. The Kier molecular flexibility index (Phi) is 4.61. The minimum absolute atomic E-state index is 0.509. The third-order valence-electron chi connectivity index (χ3n) is 4.14. The van der Waals surface area contributed by atoms with Crippen LogP contribution in [0.15, 0.2) is 24.4 Å². The molecule has 0 radical (unpaired) electrons. The summed E-state index contributed by atoms with van der Waals surface area (Å²) in [4.78, 5) is 5.05. The van der Waals surface area contributed by atoms with Gasteiger partial charge in [-0.15, -0.1) is 0 Å². The van der Waals surface area contributed by atoms with Gasteiger partial charge in [0.15, 0.2) is 0 Å². The van der Waals surface area contributed by atoms with Gasteiger partial charge in [-0.1, -0.05) is 48.7 Å². The highest BCUT2D eigenvalue weighted by atomic mass is 79.9. The first kappa shape index (κ1) is 13.1. The van der Waals surface area contributed by atoms with E-state index >= 15 is 0 Å². The average Bonchev–Trinajstić information content (AvgIpc) is 2.39. The summed E-state index contributed by atoms with van der Waals surface area (Å²) in [6.07, 6.45) is 7.42. The van der Waals surface area contributed by atoms with Gasteiger partial charge < -0.3 is 0 Å². The van der Waals surface area contributed by atoms with Crippen LogP contribution < -0.4 is 0 Å². The second-order valence-electron chi connectivity index (χ2n) is 5.51. The summed E-state index contributed by atoms with van der Waals surface area (Å²) in [7, 11) is 0. The highest BCUT2D eigenvalue weighted by Crippen LogP contribution is 2.38. The van der Waals surface area contributed by atoms with Crippen LogP contribution in [0.25, 0.3) is 0 Å². The van der Waals surface area contributed by atoms with E-state index in [-0.39, 0.29) is 0 Å². The molecule has 0 N–H and O–H groups in total.